The van der Waals surface area contributed by atoms with Gasteiger partial charge in [0.2, 0.25) is 0 Å². The number of nitrogens with zero attached hydrogens (tertiary/aromatic N) is 1. The molecule has 0 amide bonds. The molecule has 104 valence electrons. The summed E-state index contributed by atoms with van der Waals surface area (Å²) in [6.45, 7) is 13.8. The van der Waals surface area contributed by atoms with E-state index in [1.54, 1.807) is 0 Å². The van der Waals surface area contributed by atoms with E-state index in [2.05, 4.69) is 51.9 Å². The van der Waals surface area contributed by atoms with Crippen molar-refractivity contribution in [1.29, 1.82) is 0 Å². The normalized spacial score (nSPS) is 17.1. The Balaban J connectivity index is 4.20. The van der Waals surface area contributed by atoms with Crippen LogP contribution in [-0.2, 0) is 0 Å². The summed E-state index contributed by atoms with van der Waals surface area (Å²) in [5.41, 5.74) is 0. The van der Waals surface area contributed by atoms with E-state index >= 15 is 0 Å². The molecule has 0 spiro atoms. The molecule has 2 nitrogen and oxygen atoms in total. The molecule has 0 aromatic heterocycles. The van der Waals surface area contributed by atoms with E-state index in [-0.39, 0.29) is 0 Å². The molecule has 3 atom stereocenters. The van der Waals surface area contributed by atoms with E-state index in [0.717, 1.165) is 12.5 Å². The van der Waals surface area contributed by atoms with Gasteiger partial charge in [-0.15, -0.1) is 0 Å². The first kappa shape index (κ1) is 16.9. The molecular formula is C15H34N2. The maximum atomic E-state index is 3.71. The van der Waals surface area contributed by atoms with Gasteiger partial charge in [-0.3, -0.25) is 0 Å². The fraction of sp³-hybridized carbons (Fsp3) is 1.00. The number of hydrogen-bond donors (Lipinski definition) is 1. The Morgan fingerprint density at radius 1 is 1.06 bits per heavy atom. The summed E-state index contributed by atoms with van der Waals surface area (Å²) in [5.74, 6) is 0.762. The lowest BCUT2D eigenvalue weighted by atomic mass is 9.98. The minimum Gasteiger partial charge on any atom is -0.312 e. The molecule has 17 heavy (non-hydrogen) atoms. The van der Waals surface area contributed by atoms with Gasteiger partial charge in [-0.2, -0.15) is 0 Å². The number of nitrogens with one attached hydrogen (secondary N) is 1. The van der Waals surface area contributed by atoms with Crippen LogP contribution in [0.25, 0.3) is 0 Å². The Hall–Kier alpha value is -0.0800. The molecule has 2 heteroatoms. The van der Waals surface area contributed by atoms with Crippen molar-refractivity contribution in [2.45, 2.75) is 72.4 Å². The second kappa shape index (κ2) is 9.90. The van der Waals surface area contributed by atoms with Gasteiger partial charge in [-0.25, -0.2) is 0 Å². The average molecular weight is 242 g/mol. The first-order valence-electron chi connectivity index (χ1n) is 7.50. The topological polar surface area (TPSA) is 15.3 Å². The van der Waals surface area contributed by atoms with Gasteiger partial charge in [0.1, 0.15) is 0 Å². The Morgan fingerprint density at radius 3 is 2.18 bits per heavy atom. The molecule has 0 heterocycles. The van der Waals surface area contributed by atoms with Crippen LogP contribution in [0.5, 0.6) is 0 Å². The Kier molecular flexibility index (Phi) is 9.85. The molecule has 0 aliphatic carbocycles. The van der Waals surface area contributed by atoms with Crippen molar-refractivity contribution in [2.24, 2.45) is 5.92 Å². The van der Waals surface area contributed by atoms with Crippen LogP contribution in [0.1, 0.15) is 60.3 Å². The summed E-state index contributed by atoms with van der Waals surface area (Å²) < 4.78 is 0. The largest absolute Gasteiger partial charge is 0.312 e. The van der Waals surface area contributed by atoms with Crippen molar-refractivity contribution < 1.29 is 0 Å². The smallest absolute Gasteiger partial charge is 0.0220 e. The summed E-state index contributed by atoms with van der Waals surface area (Å²) in [5, 5.41) is 3.71. The number of rotatable bonds is 10. The van der Waals surface area contributed by atoms with Gasteiger partial charge in [-0.05, 0) is 39.3 Å². The highest BCUT2D eigenvalue weighted by atomic mass is 15.1. The monoisotopic (exact) mass is 242 g/mol. The summed E-state index contributed by atoms with van der Waals surface area (Å²) in [6, 6.07) is 1.35. The lowest BCUT2D eigenvalue weighted by Crippen LogP contribution is -2.46. The first-order chi connectivity index (χ1) is 8.06. The van der Waals surface area contributed by atoms with Crippen molar-refractivity contribution in [2.75, 3.05) is 20.1 Å². The zero-order valence-corrected chi connectivity index (χ0v) is 12.9. The molecule has 0 aliphatic heterocycles. The summed E-state index contributed by atoms with van der Waals surface area (Å²) >= 11 is 0. The molecule has 0 radical (unpaired) electrons. The van der Waals surface area contributed by atoms with E-state index in [1.165, 1.54) is 32.2 Å². The molecule has 0 saturated carbocycles. The zero-order valence-electron chi connectivity index (χ0n) is 12.9. The van der Waals surface area contributed by atoms with Crippen molar-refractivity contribution in [3.05, 3.63) is 0 Å². The maximum absolute atomic E-state index is 3.71. The molecule has 0 aromatic rings. The highest BCUT2D eigenvalue weighted by molar-refractivity contribution is 4.77. The molecule has 3 unspecified atom stereocenters. The molecule has 0 aromatic carbocycles. The predicted molar refractivity (Wildman–Crippen MR) is 78.5 cm³/mol. The van der Waals surface area contributed by atoms with Crippen molar-refractivity contribution in [3.63, 3.8) is 0 Å². The van der Waals surface area contributed by atoms with Crippen molar-refractivity contribution >= 4 is 0 Å². The third kappa shape index (κ3) is 7.05. The van der Waals surface area contributed by atoms with Crippen molar-refractivity contribution in [3.8, 4) is 0 Å². The van der Waals surface area contributed by atoms with Crippen LogP contribution in [0, 0.1) is 5.92 Å². The average Bonchev–Trinajstić information content (AvgIpc) is 2.33. The molecule has 0 bridgehead atoms. The van der Waals surface area contributed by atoms with E-state index in [1.807, 2.05) is 0 Å². The fourth-order valence-corrected chi connectivity index (χ4v) is 2.19. The van der Waals surface area contributed by atoms with Crippen LogP contribution in [0.4, 0.5) is 0 Å². The first-order valence-corrected chi connectivity index (χ1v) is 7.50. The maximum Gasteiger partial charge on any atom is 0.0220 e. The molecular weight excluding hydrogens is 208 g/mol. The van der Waals surface area contributed by atoms with Gasteiger partial charge in [-0.1, -0.05) is 40.5 Å². The van der Waals surface area contributed by atoms with Crippen LogP contribution >= 0.6 is 0 Å². The Morgan fingerprint density at radius 2 is 1.71 bits per heavy atom. The third-order valence-electron chi connectivity index (χ3n) is 3.93. The van der Waals surface area contributed by atoms with Crippen LogP contribution in [-0.4, -0.2) is 37.1 Å². The lowest BCUT2D eigenvalue weighted by Gasteiger charge is -2.32. The SMILES string of the molecule is CCCNC(CN(C)C(C)CCC)C(C)CC. The second-order valence-corrected chi connectivity index (χ2v) is 5.52. The van der Waals surface area contributed by atoms with Gasteiger partial charge < -0.3 is 10.2 Å². The second-order valence-electron chi connectivity index (χ2n) is 5.52. The van der Waals surface area contributed by atoms with E-state index in [9.17, 15) is 0 Å². The standard InChI is InChI=1S/C15H34N2/c1-7-10-14(5)17(6)12-15(13(4)9-3)16-11-8-2/h13-16H,7-12H2,1-6H3. The van der Waals surface area contributed by atoms with Gasteiger partial charge in [0.25, 0.3) is 0 Å². The van der Waals surface area contributed by atoms with Crippen LogP contribution in [0.3, 0.4) is 0 Å². The number of likely N-dealkylation sites (N-methyl/N-ethyl adjacent to an activating group) is 1. The summed E-state index contributed by atoms with van der Waals surface area (Å²) in [7, 11) is 2.27. The molecule has 1 N–H and O–H groups in total. The molecule has 0 saturated heterocycles. The van der Waals surface area contributed by atoms with Gasteiger partial charge in [0, 0.05) is 18.6 Å². The van der Waals surface area contributed by atoms with Crippen LogP contribution < -0.4 is 5.32 Å². The van der Waals surface area contributed by atoms with E-state index < -0.39 is 0 Å². The fourth-order valence-electron chi connectivity index (χ4n) is 2.19. The quantitative estimate of drug-likeness (QED) is 0.630. The third-order valence-corrected chi connectivity index (χ3v) is 3.93. The minimum absolute atomic E-state index is 0.643. The van der Waals surface area contributed by atoms with Gasteiger partial charge in [0.05, 0.1) is 0 Å². The predicted octanol–water partition coefficient (Wildman–Crippen LogP) is 3.52. The lowest BCUT2D eigenvalue weighted by molar-refractivity contribution is 0.193. The highest BCUT2D eigenvalue weighted by Gasteiger charge is 2.19. The van der Waals surface area contributed by atoms with Crippen LogP contribution in [0.15, 0.2) is 0 Å². The Bertz CT molecular complexity index is 170. The molecule has 0 aliphatic rings. The molecule has 0 rings (SSSR count). The Labute approximate surface area is 109 Å². The summed E-state index contributed by atoms with van der Waals surface area (Å²) in [6.07, 6.45) is 5.07. The zero-order chi connectivity index (χ0) is 13.3. The minimum atomic E-state index is 0.643. The van der Waals surface area contributed by atoms with Crippen molar-refractivity contribution in [1.82, 2.24) is 10.2 Å². The van der Waals surface area contributed by atoms with E-state index in [4.69, 9.17) is 0 Å². The number of hydrogen-bond acceptors (Lipinski definition) is 2. The van der Waals surface area contributed by atoms with Crippen LogP contribution in [0.2, 0.25) is 0 Å². The summed E-state index contributed by atoms with van der Waals surface area (Å²) in [4.78, 5) is 2.52. The van der Waals surface area contributed by atoms with Gasteiger partial charge in [0.15, 0.2) is 0 Å². The molecule has 0 fully saturated rings. The van der Waals surface area contributed by atoms with E-state index in [0.29, 0.717) is 12.1 Å². The van der Waals surface area contributed by atoms with Gasteiger partial charge >= 0.3 is 0 Å². The highest BCUT2D eigenvalue weighted by Crippen LogP contribution is 2.12.